The van der Waals surface area contributed by atoms with Gasteiger partial charge in [0.2, 0.25) is 0 Å². The molecule has 1 aromatic rings. The van der Waals surface area contributed by atoms with Crippen LogP contribution in [-0.2, 0) is 6.18 Å². The van der Waals surface area contributed by atoms with E-state index in [1.54, 1.807) is 6.92 Å². The molecule has 1 rings (SSSR count). The van der Waals surface area contributed by atoms with E-state index < -0.39 is 11.7 Å². The third-order valence-corrected chi connectivity index (χ3v) is 2.62. The summed E-state index contributed by atoms with van der Waals surface area (Å²) >= 11 is 0. The third-order valence-electron chi connectivity index (χ3n) is 2.62. The zero-order valence-electron chi connectivity index (χ0n) is 11.8. The standard InChI is InChI=1S/C8H7F3.C7H16O/c1-6-2-4-7(5-3-6)8(9,10)11;1-3-5-7(8)6-4-2/h2-5H,1H3;7-8H,3-6H2,1-2H3. The second-order valence-corrected chi connectivity index (χ2v) is 4.59. The van der Waals surface area contributed by atoms with Crippen molar-refractivity contribution in [3.63, 3.8) is 0 Å². The summed E-state index contributed by atoms with van der Waals surface area (Å²) in [6.07, 6.45) is -0.123. The third kappa shape index (κ3) is 8.65. The van der Waals surface area contributed by atoms with Gasteiger partial charge in [-0.15, -0.1) is 0 Å². The van der Waals surface area contributed by atoms with Crippen molar-refractivity contribution in [3.8, 4) is 0 Å². The van der Waals surface area contributed by atoms with Crippen molar-refractivity contribution in [2.24, 2.45) is 0 Å². The quantitative estimate of drug-likeness (QED) is 0.824. The number of aliphatic hydroxyl groups is 1. The van der Waals surface area contributed by atoms with E-state index in [0.717, 1.165) is 43.4 Å². The molecule has 0 spiro atoms. The van der Waals surface area contributed by atoms with Crippen LogP contribution in [0.2, 0.25) is 0 Å². The van der Waals surface area contributed by atoms with E-state index in [1.807, 2.05) is 0 Å². The van der Waals surface area contributed by atoms with Crippen molar-refractivity contribution in [1.29, 1.82) is 0 Å². The number of benzene rings is 1. The minimum Gasteiger partial charge on any atom is -0.393 e. The normalized spacial score (nSPS) is 11.2. The van der Waals surface area contributed by atoms with Crippen LogP contribution in [0, 0.1) is 6.92 Å². The van der Waals surface area contributed by atoms with Gasteiger partial charge in [-0.1, -0.05) is 44.4 Å². The number of rotatable bonds is 4. The van der Waals surface area contributed by atoms with E-state index >= 15 is 0 Å². The van der Waals surface area contributed by atoms with Crippen molar-refractivity contribution in [2.75, 3.05) is 0 Å². The van der Waals surface area contributed by atoms with Crippen molar-refractivity contribution < 1.29 is 18.3 Å². The Morgan fingerprint density at radius 2 is 1.42 bits per heavy atom. The number of alkyl halides is 3. The summed E-state index contributed by atoms with van der Waals surface area (Å²) in [5, 5.41) is 9.05. The van der Waals surface area contributed by atoms with E-state index in [2.05, 4.69) is 13.8 Å². The van der Waals surface area contributed by atoms with Crippen molar-refractivity contribution in [3.05, 3.63) is 35.4 Å². The molecule has 0 radical (unpaired) electrons. The Bertz CT molecular complexity index is 324. The highest BCUT2D eigenvalue weighted by Crippen LogP contribution is 2.28. The Balaban J connectivity index is 0.000000362. The molecule has 0 unspecified atom stereocenters. The maximum atomic E-state index is 11.9. The lowest BCUT2D eigenvalue weighted by molar-refractivity contribution is -0.137. The van der Waals surface area contributed by atoms with Crippen LogP contribution in [-0.4, -0.2) is 11.2 Å². The molecular weight excluding hydrogens is 253 g/mol. The van der Waals surface area contributed by atoms with Gasteiger partial charge in [0, 0.05) is 0 Å². The largest absolute Gasteiger partial charge is 0.416 e. The summed E-state index contributed by atoms with van der Waals surface area (Å²) in [5.41, 5.74) is 0.237. The molecule has 19 heavy (non-hydrogen) atoms. The highest BCUT2D eigenvalue weighted by molar-refractivity contribution is 5.23. The Hall–Kier alpha value is -1.03. The number of hydrogen-bond donors (Lipinski definition) is 1. The Kier molecular flexibility index (Phi) is 8.48. The summed E-state index contributed by atoms with van der Waals surface area (Å²) in [6, 6.07) is 5.05. The van der Waals surface area contributed by atoms with Crippen LogP contribution in [0.5, 0.6) is 0 Å². The Morgan fingerprint density at radius 1 is 1.00 bits per heavy atom. The zero-order valence-corrected chi connectivity index (χ0v) is 11.8. The summed E-state index contributed by atoms with van der Waals surface area (Å²) in [6.45, 7) is 5.94. The summed E-state index contributed by atoms with van der Waals surface area (Å²) in [4.78, 5) is 0. The van der Waals surface area contributed by atoms with Gasteiger partial charge in [-0.25, -0.2) is 0 Å². The number of aryl methyl sites for hydroxylation is 1. The van der Waals surface area contributed by atoms with Gasteiger partial charge < -0.3 is 5.11 Å². The van der Waals surface area contributed by atoms with Crippen molar-refractivity contribution in [2.45, 2.75) is 58.7 Å². The van der Waals surface area contributed by atoms with Crippen LogP contribution in [0.15, 0.2) is 24.3 Å². The summed E-state index contributed by atoms with van der Waals surface area (Å²) < 4.78 is 35.8. The molecule has 0 fully saturated rings. The molecule has 0 heterocycles. The molecule has 4 heteroatoms. The molecule has 0 aromatic heterocycles. The first-order valence-corrected chi connectivity index (χ1v) is 6.63. The second kappa shape index (κ2) is 8.97. The van der Waals surface area contributed by atoms with E-state index in [9.17, 15) is 13.2 Å². The van der Waals surface area contributed by atoms with Gasteiger partial charge in [-0.05, 0) is 31.9 Å². The monoisotopic (exact) mass is 276 g/mol. The maximum Gasteiger partial charge on any atom is 0.416 e. The molecular formula is C15H23F3O. The predicted molar refractivity (Wildman–Crippen MR) is 72.0 cm³/mol. The lowest BCUT2D eigenvalue weighted by Crippen LogP contribution is -2.03. The lowest BCUT2D eigenvalue weighted by Gasteiger charge is -2.05. The number of hydrogen-bond acceptors (Lipinski definition) is 1. The van der Waals surface area contributed by atoms with E-state index in [0.29, 0.717) is 0 Å². The number of halogens is 3. The van der Waals surface area contributed by atoms with E-state index in [-0.39, 0.29) is 6.10 Å². The molecule has 0 bridgehead atoms. The molecule has 0 aliphatic rings. The minimum absolute atomic E-state index is 0.0370. The van der Waals surface area contributed by atoms with Crippen LogP contribution in [0.1, 0.15) is 50.7 Å². The van der Waals surface area contributed by atoms with Gasteiger partial charge in [-0.2, -0.15) is 13.2 Å². The molecule has 0 aliphatic carbocycles. The van der Waals surface area contributed by atoms with Crippen LogP contribution in [0.4, 0.5) is 13.2 Å². The van der Waals surface area contributed by atoms with E-state index in [1.165, 1.54) is 12.1 Å². The molecule has 0 amide bonds. The molecule has 110 valence electrons. The molecule has 1 nitrogen and oxygen atoms in total. The summed E-state index contributed by atoms with van der Waals surface area (Å²) in [7, 11) is 0. The topological polar surface area (TPSA) is 20.2 Å². The fraction of sp³-hybridized carbons (Fsp3) is 0.600. The van der Waals surface area contributed by atoms with Gasteiger partial charge >= 0.3 is 6.18 Å². The number of aliphatic hydroxyl groups excluding tert-OH is 1. The Morgan fingerprint density at radius 3 is 1.74 bits per heavy atom. The predicted octanol–water partition coefficient (Wildman–Crippen LogP) is 4.96. The summed E-state index contributed by atoms with van der Waals surface area (Å²) in [5.74, 6) is 0. The molecule has 0 saturated carbocycles. The fourth-order valence-electron chi connectivity index (χ4n) is 1.55. The lowest BCUT2D eigenvalue weighted by atomic mass is 10.1. The van der Waals surface area contributed by atoms with Gasteiger partial charge in [-0.3, -0.25) is 0 Å². The van der Waals surface area contributed by atoms with Crippen LogP contribution >= 0.6 is 0 Å². The first-order valence-electron chi connectivity index (χ1n) is 6.63. The van der Waals surface area contributed by atoms with Gasteiger partial charge in [0.25, 0.3) is 0 Å². The molecule has 0 aliphatic heterocycles. The molecule has 1 aromatic carbocycles. The van der Waals surface area contributed by atoms with Crippen LogP contribution in [0.3, 0.4) is 0 Å². The average molecular weight is 276 g/mol. The maximum absolute atomic E-state index is 11.9. The highest BCUT2D eigenvalue weighted by atomic mass is 19.4. The van der Waals surface area contributed by atoms with Gasteiger partial charge in [0.05, 0.1) is 11.7 Å². The molecule has 0 saturated heterocycles. The first kappa shape index (κ1) is 18.0. The van der Waals surface area contributed by atoms with Crippen molar-refractivity contribution in [1.82, 2.24) is 0 Å². The Labute approximate surface area is 113 Å². The molecule has 0 atom stereocenters. The minimum atomic E-state index is -4.21. The fourth-order valence-corrected chi connectivity index (χ4v) is 1.55. The van der Waals surface area contributed by atoms with Crippen LogP contribution in [0.25, 0.3) is 0 Å². The second-order valence-electron chi connectivity index (χ2n) is 4.59. The molecule has 1 N–H and O–H groups in total. The first-order chi connectivity index (χ1) is 8.81. The zero-order chi connectivity index (χ0) is 14.9. The smallest absolute Gasteiger partial charge is 0.393 e. The van der Waals surface area contributed by atoms with Crippen LogP contribution < -0.4 is 0 Å². The highest BCUT2D eigenvalue weighted by Gasteiger charge is 2.29. The van der Waals surface area contributed by atoms with Gasteiger partial charge in [0.15, 0.2) is 0 Å². The van der Waals surface area contributed by atoms with Crippen molar-refractivity contribution >= 4 is 0 Å². The SMILES string of the molecule is CCCC(O)CCC.Cc1ccc(C(F)(F)F)cc1. The van der Waals surface area contributed by atoms with Gasteiger partial charge in [0.1, 0.15) is 0 Å². The van der Waals surface area contributed by atoms with E-state index in [4.69, 9.17) is 5.11 Å². The average Bonchev–Trinajstić information content (AvgIpc) is 2.30.